The van der Waals surface area contributed by atoms with Gasteiger partial charge in [0.1, 0.15) is 11.4 Å². The summed E-state index contributed by atoms with van der Waals surface area (Å²) in [4.78, 5) is 19.4. The van der Waals surface area contributed by atoms with Gasteiger partial charge in [-0.3, -0.25) is 4.79 Å². The van der Waals surface area contributed by atoms with Crippen LogP contribution in [-0.2, 0) is 12.8 Å². The van der Waals surface area contributed by atoms with Crippen molar-refractivity contribution in [3.05, 3.63) is 89.1 Å². The van der Waals surface area contributed by atoms with Gasteiger partial charge in [-0.15, -0.1) is 0 Å². The molecule has 1 aromatic carbocycles. The second kappa shape index (κ2) is 15.9. The topological polar surface area (TPSA) is 101 Å². The number of phenolic OH excluding ortho intramolecular Hbond substituents is 1. The normalized spacial score (nSPS) is 17.1. The highest BCUT2D eigenvalue weighted by molar-refractivity contribution is 5.94. The van der Waals surface area contributed by atoms with Crippen LogP contribution in [0.1, 0.15) is 111 Å². The van der Waals surface area contributed by atoms with Crippen LogP contribution in [0.3, 0.4) is 0 Å². The first kappa shape index (κ1) is 34.7. The Morgan fingerprint density at radius 2 is 1.98 bits per heavy atom. The number of halogens is 2. The van der Waals surface area contributed by atoms with E-state index in [-0.39, 0.29) is 23.6 Å². The predicted octanol–water partition coefficient (Wildman–Crippen LogP) is 8.60. The summed E-state index contributed by atoms with van der Waals surface area (Å²) in [5.41, 5.74) is 5.99. The number of alkyl halides is 2. The minimum atomic E-state index is -2.97. The Kier molecular flexibility index (Phi) is 12.0. The maximum Gasteiger partial charge on any atom is 0.388 e. The molecule has 0 saturated heterocycles. The molecule has 0 spiro atoms. The van der Waals surface area contributed by atoms with Gasteiger partial charge in [-0.1, -0.05) is 52.3 Å². The number of aromatic nitrogens is 3. The smallest absolute Gasteiger partial charge is 0.388 e. The van der Waals surface area contributed by atoms with Crippen molar-refractivity contribution in [2.24, 2.45) is 5.92 Å². The lowest BCUT2D eigenvalue weighted by atomic mass is 9.80. The fourth-order valence-corrected chi connectivity index (χ4v) is 5.92. The molecule has 3 heterocycles. The lowest BCUT2D eigenvalue weighted by molar-refractivity contribution is -0.0528. The minimum absolute atomic E-state index is 0.203. The van der Waals surface area contributed by atoms with Crippen LogP contribution in [0, 0.1) is 5.92 Å². The summed E-state index contributed by atoms with van der Waals surface area (Å²) >= 11 is 0. The molecule has 2 atom stereocenters. The molecular weight excluding hydrogens is 590 g/mol. The Hall–Kier alpha value is -4.21. The number of benzene rings is 1. The average molecular weight is 637 g/mol. The molecule has 2 aliphatic rings. The number of allylic oxidation sites excluding steroid dienone is 2. The van der Waals surface area contributed by atoms with Crippen molar-refractivity contribution in [2.75, 3.05) is 6.54 Å². The van der Waals surface area contributed by atoms with Crippen LogP contribution in [0.5, 0.6) is 11.6 Å². The summed E-state index contributed by atoms with van der Waals surface area (Å²) in [6, 6.07) is 8.53. The fraction of sp³-hybridized carbons (Fsp3) is 0.472. The maximum absolute atomic E-state index is 13.6. The quantitative estimate of drug-likeness (QED) is 0.162. The van der Waals surface area contributed by atoms with Crippen molar-refractivity contribution in [1.82, 2.24) is 19.7 Å². The Bertz CT molecular complexity index is 1510. The molecule has 2 aromatic heterocycles. The predicted molar refractivity (Wildman–Crippen MR) is 175 cm³/mol. The number of ether oxygens (including phenoxy) is 1. The third-order valence-corrected chi connectivity index (χ3v) is 9.14. The summed E-state index contributed by atoms with van der Waals surface area (Å²) < 4.78 is 31.3. The van der Waals surface area contributed by atoms with Crippen LogP contribution in [0.2, 0.25) is 0 Å². The molecular formula is C36H46F2N4O4. The molecule has 3 aromatic rings. The summed E-state index contributed by atoms with van der Waals surface area (Å²) in [6.07, 6.45) is 11.6. The summed E-state index contributed by atoms with van der Waals surface area (Å²) in [5, 5.41) is 24.2. The summed E-state index contributed by atoms with van der Waals surface area (Å²) in [6.45, 7) is 9.14. The second-order valence-electron chi connectivity index (χ2n) is 12.2. The molecule has 1 saturated carbocycles. The largest absolute Gasteiger partial charge is 0.515 e. The van der Waals surface area contributed by atoms with Gasteiger partial charge < -0.3 is 19.8 Å². The highest BCUT2D eigenvalue weighted by atomic mass is 19.3. The number of aryl methyl sites for hydroxylation is 1. The second-order valence-corrected chi connectivity index (χ2v) is 12.2. The first-order valence-corrected chi connectivity index (χ1v) is 16.2. The molecule has 2 N–H and O–H groups in total. The van der Waals surface area contributed by atoms with E-state index in [0.29, 0.717) is 42.5 Å². The molecule has 8 nitrogen and oxygen atoms in total. The number of aromatic hydroxyl groups is 1. The van der Waals surface area contributed by atoms with Gasteiger partial charge in [-0.05, 0) is 80.2 Å². The van der Waals surface area contributed by atoms with Gasteiger partial charge in [0.05, 0.1) is 29.3 Å². The molecule has 0 radical (unpaired) electrons. The lowest BCUT2D eigenvalue weighted by Crippen LogP contribution is -2.40. The van der Waals surface area contributed by atoms with Crippen molar-refractivity contribution in [3.63, 3.8) is 0 Å². The van der Waals surface area contributed by atoms with E-state index < -0.39 is 6.61 Å². The number of carbonyl (C=O) groups is 1. The van der Waals surface area contributed by atoms with E-state index in [1.807, 2.05) is 21.7 Å². The van der Waals surface area contributed by atoms with Gasteiger partial charge >= 0.3 is 6.61 Å². The van der Waals surface area contributed by atoms with Crippen LogP contribution in [0.15, 0.2) is 61.0 Å². The van der Waals surface area contributed by atoms with Crippen LogP contribution in [0.4, 0.5) is 8.78 Å². The standard InChI is InChI=1S/C31H38F2N4O3.C5H8O/c1-4-19(3)9-12-23-29-24(5-2)36(30(39)22-11-14-28(34-18-22)40-31(32)33)16-15-26(29)37(35-23)25-13-10-21(17-27(25)38)20-7-6-8-20;1-3-5(2)4-6/h10-11,13-14,17-20,24,31,38H,4-9,12,15-16H2,1-3H3;3-4,6H,1H2,2H3/b;5-4+. The third kappa shape index (κ3) is 7.95. The highest BCUT2D eigenvalue weighted by Gasteiger charge is 2.36. The zero-order valence-electron chi connectivity index (χ0n) is 27.3. The van der Waals surface area contributed by atoms with Crippen LogP contribution in [0.25, 0.3) is 5.69 Å². The van der Waals surface area contributed by atoms with Crippen molar-refractivity contribution in [2.45, 2.75) is 97.6 Å². The number of carbonyl (C=O) groups excluding carboxylic acids is 1. The van der Waals surface area contributed by atoms with Gasteiger partial charge in [0.2, 0.25) is 5.88 Å². The molecule has 2 unspecified atom stereocenters. The molecule has 0 bridgehead atoms. The van der Waals surface area contributed by atoms with Crippen LogP contribution in [-0.4, -0.2) is 48.9 Å². The van der Waals surface area contributed by atoms with E-state index in [1.165, 1.54) is 30.3 Å². The van der Waals surface area contributed by atoms with E-state index in [4.69, 9.17) is 10.2 Å². The molecule has 46 heavy (non-hydrogen) atoms. The molecule has 10 heteroatoms. The van der Waals surface area contributed by atoms with E-state index >= 15 is 0 Å². The van der Waals surface area contributed by atoms with Gasteiger partial charge in [-0.2, -0.15) is 13.9 Å². The Balaban J connectivity index is 0.000000731. The molecule has 1 aliphatic heterocycles. The van der Waals surface area contributed by atoms with Crippen LogP contribution >= 0.6 is 0 Å². The molecule has 1 aliphatic carbocycles. The zero-order chi connectivity index (χ0) is 33.4. The lowest BCUT2D eigenvalue weighted by Gasteiger charge is -2.36. The van der Waals surface area contributed by atoms with Crippen molar-refractivity contribution < 1.29 is 28.5 Å². The number of phenols is 1. The number of hydrogen-bond donors (Lipinski definition) is 2. The van der Waals surface area contributed by atoms with Gasteiger partial charge in [0.25, 0.3) is 5.91 Å². The van der Waals surface area contributed by atoms with Crippen molar-refractivity contribution in [3.8, 4) is 17.3 Å². The van der Waals surface area contributed by atoms with E-state index in [9.17, 15) is 18.7 Å². The molecule has 1 fully saturated rings. The van der Waals surface area contributed by atoms with Crippen molar-refractivity contribution in [1.29, 1.82) is 0 Å². The Morgan fingerprint density at radius 1 is 1.22 bits per heavy atom. The monoisotopic (exact) mass is 636 g/mol. The highest BCUT2D eigenvalue weighted by Crippen LogP contribution is 2.41. The molecule has 248 valence electrons. The number of amides is 1. The minimum Gasteiger partial charge on any atom is -0.515 e. The zero-order valence-corrected chi connectivity index (χ0v) is 27.3. The third-order valence-electron chi connectivity index (χ3n) is 9.14. The maximum atomic E-state index is 13.6. The average Bonchev–Trinajstić information content (AvgIpc) is 3.40. The number of nitrogens with zero attached hydrogens (tertiary/aromatic N) is 4. The first-order valence-electron chi connectivity index (χ1n) is 16.2. The number of pyridine rings is 1. The molecule has 5 rings (SSSR count). The fourth-order valence-electron chi connectivity index (χ4n) is 5.92. The number of aliphatic hydroxyl groups excluding tert-OH is 1. The summed E-state index contributed by atoms with van der Waals surface area (Å²) in [5.74, 6) is 0.856. The summed E-state index contributed by atoms with van der Waals surface area (Å²) in [7, 11) is 0. The van der Waals surface area contributed by atoms with E-state index in [0.717, 1.165) is 60.9 Å². The Morgan fingerprint density at radius 3 is 2.50 bits per heavy atom. The first-order chi connectivity index (χ1) is 22.1. The number of aliphatic hydroxyl groups is 1. The molecule has 1 amide bonds. The van der Waals surface area contributed by atoms with Gasteiger partial charge in [-0.25, -0.2) is 9.67 Å². The van der Waals surface area contributed by atoms with Gasteiger partial charge in [0, 0.05) is 30.8 Å². The van der Waals surface area contributed by atoms with E-state index in [1.54, 1.807) is 13.0 Å². The van der Waals surface area contributed by atoms with Gasteiger partial charge in [0.15, 0.2) is 0 Å². The SMILES string of the molecule is C=C/C(C)=C/O.CCC(C)CCc1nn(-c2ccc(C3CCC3)cc2O)c2c1C(CC)N(C(=O)c1ccc(OC(F)F)nc1)CC2. The number of fused-ring (bicyclic) bond motifs is 1. The number of hydrogen-bond acceptors (Lipinski definition) is 6. The number of rotatable bonds is 11. The van der Waals surface area contributed by atoms with Crippen LogP contribution < -0.4 is 4.74 Å². The Labute approximate surface area is 270 Å². The van der Waals surface area contributed by atoms with E-state index in [2.05, 4.69) is 43.1 Å². The van der Waals surface area contributed by atoms with Crippen molar-refractivity contribution >= 4 is 5.91 Å².